The molecule has 3 nitrogen and oxygen atoms in total. The lowest BCUT2D eigenvalue weighted by Crippen LogP contribution is -2.14. The van der Waals surface area contributed by atoms with Gasteiger partial charge in [-0.15, -0.1) is 11.3 Å². The average Bonchev–Trinajstić information content (AvgIpc) is 3.11. The summed E-state index contributed by atoms with van der Waals surface area (Å²) in [4.78, 5) is 0. The van der Waals surface area contributed by atoms with Crippen LogP contribution in [0.2, 0.25) is 0 Å². The molecule has 1 aliphatic rings. The summed E-state index contributed by atoms with van der Waals surface area (Å²) in [5.41, 5.74) is 1.48. The summed E-state index contributed by atoms with van der Waals surface area (Å²) in [6.45, 7) is 1.56. The third-order valence-electron chi connectivity index (χ3n) is 3.43. The number of hydrogen-bond acceptors (Lipinski definition) is 3. The summed E-state index contributed by atoms with van der Waals surface area (Å²) >= 11 is 1.21. The highest BCUT2D eigenvalue weighted by molar-refractivity contribution is 7.94. The van der Waals surface area contributed by atoms with Crippen molar-refractivity contribution in [1.29, 1.82) is 0 Å². The Balaban J connectivity index is 1.96. The topological polar surface area (TPSA) is 46.2 Å². The first-order valence-corrected chi connectivity index (χ1v) is 8.70. The second-order valence-corrected chi connectivity index (χ2v) is 7.75. The second kappa shape index (κ2) is 4.86. The van der Waals surface area contributed by atoms with Gasteiger partial charge in [0.05, 0.1) is 5.69 Å². The van der Waals surface area contributed by atoms with Crippen molar-refractivity contribution in [2.45, 2.75) is 29.9 Å². The van der Waals surface area contributed by atoms with Gasteiger partial charge in [-0.05, 0) is 54.8 Å². The summed E-state index contributed by atoms with van der Waals surface area (Å²) in [6, 6.07) is 6.25. The fraction of sp³-hybridized carbons (Fsp3) is 0.286. The Morgan fingerprint density at radius 3 is 2.75 bits per heavy atom. The van der Waals surface area contributed by atoms with Crippen molar-refractivity contribution in [3.63, 3.8) is 0 Å². The molecular formula is C14H14FNO2S2. The van der Waals surface area contributed by atoms with Crippen LogP contribution in [0.1, 0.15) is 29.9 Å². The van der Waals surface area contributed by atoms with E-state index >= 15 is 0 Å². The molecular weight excluding hydrogens is 297 g/mol. The summed E-state index contributed by atoms with van der Waals surface area (Å²) in [7, 11) is -3.64. The van der Waals surface area contributed by atoms with Gasteiger partial charge in [0.25, 0.3) is 10.0 Å². The maximum atomic E-state index is 13.5. The maximum absolute atomic E-state index is 13.5. The summed E-state index contributed by atoms with van der Waals surface area (Å²) in [5.74, 6) is -0.0553. The van der Waals surface area contributed by atoms with E-state index < -0.39 is 15.8 Å². The quantitative estimate of drug-likeness (QED) is 0.931. The van der Waals surface area contributed by atoms with Crippen LogP contribution < -0.4 is 4.72 Å². The van der Waals surface area contributed by atoms with Crippen LogP contribution in [-0.4, -0.2) is 8.42 Å². The van der Waals surface area contributed by atoms with Gasteiger partial charge in [-0.3, -0.25) is 4.72 Å². The molecule has 6 heteroatoms. The lowest BCUT2D eigenvalue weighted by atomic mass is 10.2. The molecule has 1 heterocycles. The Hall–Kier alpha value is -1.40. The molecule has 0 saturated heterocycles. The predicted molar refractivity (Wildman–Crippen MR) is 78.2 cm³/mol. The van der Waals surface area contributed by atoms with Gasteiger partial charge in [-0.25, -0.2) is 12.8 Å². The minimum Gasteiger partial charge on any atom is -0.279 e. The fourth-order valence-corrected chi connectivity index (χ4v) is 4.79. The first kappa shape index (κ1) is 13.6. The van der Waals surface area contributed by atoms with Crippen molar-refractivity contribution >= 4 is 27.0 Å². The Labute approximate surface area is 121 Å². The zero-order valence-corrected chi connectivity index (χ0v) is 12.5. The van der Waals surface area contributed by atoms with Gasteiger partial charge in [0.15, 0.2) is 0 Å². The minimum absolute atomic E-state index is 0.292. The normalized spacial score (nSPS) is 15.3. The molecule has 20 heavy (non-hydrogen) atoms. The van der Waals surface area contributed by atoms with Crippen LogP contribution in [0, 0.1) is 12.7 Å². The van der Waals surface area contributed by atoms with Gasteiger partial charge >= 0.3 is 0 Å². The monoisotopic (exact) mass is 311 g/mol. The summed E-state index contributed by atoms with van der Waals surface area (Å²) in [5, 5.41) is 1.79. The molecule has 0 bridgehead atoms. The molecule has 0 spiro atoms. The zero-order valence-electron chi connectivity index (χ0n) is 10.9. The fourth-order valence-electron chi connectivity index (χ4n) is 2.13. The molecule has 0 atom stereocenters. The van der Waals surface area contributed by atoms with E-state index in [2.05, 4.69) is 4.72 Å². The van der Waals surface area contributed by atoms with Crippen molar-refractivity contribution in [3.05, 3.63) is 46.6 Å². The van der Waals surface area contributed by atoms with Crippen molar-refractivity contribution < 1.29 is 12.8 Å². The highest BCUT2D eigenvalue weighted by Gasteiger charge is 2.31. The Bertz CT molecular complexity index is 748. The van der Waals surface area contributed by atoms with E-state index in [1.165, 1.54) is 23.5 Å². The Morgan fingerprint density at radius 2 is 2.05 bits per heavy atom. The van der Waals surface area contributed by atoms with Gasteiger partial charge in [0.1, 0.15) is 10.0 Å². The first-order valence-electron chi connectivity index (χ1n) is 6.34. The molecule has 0 amide bonds. The summed E-state index contributed by atoms with van der Waals surface area (Å²) in [6.07, 6.45) is 2.08. The highest BCUT2D eigenvalue weighted by atomic mass is 32.2. The predicted octanol–water partition coefficient (Wildman–Crippen LogP) is 3.87. The van der Waals surface area contributed by atoms with Crippen molar-refractivity contribution in [2.75, 3.05) is 4.72 Å². The Kier molecular flexibility index (Phi) is 3.30. The highest BCUT2D eigenvalue weighted by Crippen LogP contribution is 2.45. The number of hydrogen-bond donors (Lipinski definition) is 1. The van der Waals surface area contributed by atoms with Crippen LogP contribution in [0.5, 0.6) is 0 Å². The van der Waals surface area contributed by atoms with Crippen LogP contribution in [0.3, 0.4) is 0 Å². The van der Waals surface area contributed by atoms with Crippen LogP contribution in [0.25, 0.3) is 0 Å². The molecule has 1 aromatic heterocycles. The standard InChI is InChI=1S/C14H14FNO2S2/c1-9-12(15)3-2-4-13(9)16-20(17,18)14-11(7-8-19-14)10-5-6-10/h2-4,7-8,10,16H,5-6H2,1H3. The molecule has 1 aromatic carbocycles. The van der Waals surface area contributed by atoms with E-state index in [1.807, 2.05) is 6.07 Å². The second-order valence-electron chi connectivity index (χ2n) is 4.96. The van der Waals surface area contributed by atoms with E-state index in [9.17, 15) is 12.8 Å². The number of sulfonamides is 1. The SMILES string of the molecule is Cc1c(F)cccc1NS(=O)(=O)c1sccc1C1CC1. The molecule has 106 valence electrons. The van der Waals surface area contributed by atoms with Crippen molar-refractivity contribution in [2.24, 2.45) is 0 Å². The first-order chi connectivity index (χ1) is 9.49. The molecule has 1 saturated carbocycles. The molecule has 1 fully saturated rings. The van der Waals surface area contributed by atoms with Crippen molar-refractivity contribution in [3.8, 4) is 0 Å². The zero-order chi connectivity index (χ0) is 14.3. The van der Waals surface area contributed by atoms with Gasteiger partial charge < -0.3 is 0 Å². The van der Waals surface area contributed by atoms with E-state index in [1.54, 1.807) is 18.4 Å². The third-order valence-corrected chi connectivity index (χ3v) is 6.31. The van der Waals surface area contributed by atoms with Crippen molar-refractivity contribution in [1.82, 2.24) is 0 Å². The molecule has 1 aliphatic carbocycles. The molecule has 0 aliphatic heterocycles. The molecule has 0 radical (unpaired) electrons. The smallest absolute Gasteiger partial charge is 0.271 e. The number of benzene rings is 1. The number of rotatable bonds is 4. The maximum Gasteiger partial charge on any atom is 0.271 e. The molecule has 0 unspecified atom stereocenters. The van der Waals surface area contributed by atoms with Crippen LogP contribution in [0.4, 0.5) is 10.1 Å². The number of nitrogens with one attached hydrogen (secondary N) is 1. The third kappa shape index (κ3) is 2.45. The molecule has 2 aromatic rings. The van der Waals surface area contributed by atoms with Gasteiger partial charge in [-0.2, -0.15) is 0 Å². The van der Waals surface area contributed by atoms with Crippen LogP contribution in [-0.2, 0) is 10.0 Å². The Morgan fingerprint density at radius 1 is 1.30 bits per heavy atom. The van der Waals surface area contributed by atoms with Gasteiger partial charge in [0, 0.05) is 5.56 Å². The lowest BCUT2D eigenvalue weighted by Gasteiger charge is -2.11. The average molecular weight is 311 g/mol. The lowest BCUT2D eigenvalue weighted by molar-refractivity contribution is 0.601. The van der Waals surface area contributed by atoms with Crippen LogP contribution in [0.15, 0.2) is 33.9 Å². The molecule has 1 N–H and O–H groups in total. The van der Waals surface area contributed by atoms with Crippen LogP contribution >= 0.6 is 11.3 Å². The van der Waals surface area contributed by atoms with E-state index in [-0.39, 0.29) is 0 Å². The van der Waals surface area contributed by atoms with Gasteiger partial charge in [0.2, 0.25) is 0 Å². The van der Waals surface area contributed by atoms with Gasteiger partial charge in [-0.1, -0.05) is 6.07 Å². The van der Waals surface area contributed by atoms with E-state index in [0.717, 1.165) is 18.4 Å². The minimum atomic E-state index is -3.64. The largest absolute Gasteiger partial charge is 0.279 e. The summed E-state index contributed by atoms with van der Waals surface area (Å²) < 4.78 is 41.2. The van der Waals surface area contributed by atoms with E-state index in [0.29, 0.717) is 21.4 Å². The van der Waals surface area contributed by atoms with E-state index in [4.69, 9.17) is 0 Å². The number of thiophene rings is 1. The number of halogens is 1. The molecule has 3 rings (SSSR count). The number of anilines is 1.